The van der Waals surface area contributed by atoms with Gasteiger partial charge in [-0.1, -0.05) is 30.3 Å². The molecule has 120 valence electrons. The van der Waals surface area contributed by atoms with Crippen LogP contribution in [0.25, 0.3) is 0 Å². The molecule has 0 amide bonds. The Hall–Kier alpha value is -2.53. The summed E-state index contributed by atoms with van der Waals surface area (Å²) in [5.41, 5.74) is 1.80. The lowest BCUT2D eigenvalue weighted by molar-refractivity contribution is -0.0498. The molecule has 1 unspecified atom stereocenters. The molecule has 1 aliphatic rings. The summed E-state index contributed by atoms with van der Waals surface area (Å²) in [7, 11) is -0.284. The van der Waals surface area contributed by atoms with Gasteiger partial charge in [-0.15, -0.1) is 0 Å². The monoisotopic (exact) mass is 342 g/mol. The number of anilines is 2. The summed E-state index contributed by atoms with van der Waals surface area (Å²) in [4.78, 5) is 3.45. The average Bonchev–Trinajstić information content (AvgIpc) is 2.60. The van der Waals surface area contributed by atoms with Crippen LogP contribution in [0.5, 0.6) is 5.75 Å². The summed E-state index contributed by atoms with van der Waals surface area (Å²) in [6.07, 6.45) is 0. The van der Waals surface area contributed by atoms with Crippen molar-refractivity contribution >= 4 is 22.3 Å². The molecular formula is C19H14F2NOS+. The fourth-order valence-corrected chi connectivity index (χ4v) is 5.04. The number of ether oxygens (including phenoxy) is 1. The van der Waals surface area contributed by atoms with E-state index < -0.39 is 6.61 Å². The maximum atomic E-state index is 12.5. The van der Waals surface area contributed by atoms with Crippen molar-refractivity contribution in [2.45, 2.75) is 21.3 Å². The highest BCUT2D eigenvalue weighted by molar-refractivity contribution is 7.97. The summed E-state index contributed by atoms with van der Waals surface area (Å²) in [6, 6.07) is 23.4. The van der Waals surface area contributed by atoms with Gasteiger partial charge in [0.15, 0.2) is 14.7 Å². The Bertz CT molecular complexity index is 870. The molecule has 0 radical (unpaired) electrons. The van der Waals surface area contributed by atoms with E-state index in [2.05, 4.69) is 28.3 Å². The van der Waals surface area contributed by atoms with Crippen molar-refractivity contribution < 1.29 is 13.5 Å². The molecule has 1 atom stereocenters. The number of rotatable bonds is 3. The Morgan fingerprint density at radius 3 is 2.29 bits per heavy atom. The van der Waals surface area contributed by atoms with E-state index in [0.29, 0.717) is 0 Å². The quantitative estimate of drug-likeness (QED) is 0.501. The zero-order chi connectivity index (χ0) is 16.5. The number of halogens is 2. The minimum atomic E-state index is -2.83. The van der Waals surface area contributed by atoms with Crippen LogP contribution in [0.15, 0.2) is 87.5 Å². The van der Waals surface area contributed by atoms with Gasteiger partial charge in [-0.2, -0.15) is 8.78 Å². The van der Waals surface area contributed by atoms with E-state index in [1.807, 2.05) is 42.5 Å². The maximum absolute atomic E-state index is 12.5. The van der Waals surface area contributed by atoms with E-state index >= 15 is 0 Å². The fraction of sp³-hybridized carbons (Fsp3) is 0.0526. The van der Waals surface area contributed by atoms with Crippen LogP contribution in [-0.4, -0.2) is 6.61 Å². The van der Waals surface area contributed by atoms with Gasteiger partial charge < -0.3 is 10.1 Å². The van der Waals surface area contributed by atoms with Crippen LogP contribution in [0.1, 0.15) is 0 Å². The van der Waals surface area contributed by atoms with Crippen molar-refractivity contribution in [2.75, 3.05) is 5.32 Å². The summed E-state index contributed by atoms with van der Waals surface area (Å²) < 4.78 is 29.5. The summed E-state index contributed by atoms with van der Waals surface area (Å²) in [6.45, 7) is -2.83. The van der Waals surface area contributed by atoms with Crippen molar-refractivity contribution in [1.29, 1.82) is 0 Å². The first-order valence-corrected chi connectivity index (χ1v) is 8.69. The van der Waals surface area contributed by atoms with Crippen molar-refractivity contribution in [3.8, 4) is 5.75 Å². The zero-order valence-corrected chi connectivity index (χ0v) is 13.4. The fourth-order valence-electron chi connectivity index (χ4n) is 2.78. The molecule has 0 spiro atoms. The molecule has 2 nitrogen and oxygen atoms in total. The van der Waals surface area contributed by atoms with Gasteiger partial charge in [-0.25, -0.2) is 0 Å². The highest BCUT2D eigenvalue weighted by Gasteiger charge is 2.37. The lowest BCUT2D eigenvalue weighted by atomic mass is 10.2. The summed E-state index contributed by atoms with van der Waals surface area (Å²) >= 11 is 0. The van der Waals surface area contributed by atoms with E-state index in [-0.39, 0.29) is 16.6 Å². The zero-order valence-electron chi connectivity index (χ0n) is 12.6. The van der Waals surface area contributed by atoms with Gasteiger partial charge in [0.05, 0.1) is 11.4 Å². The van der Waals surface area contributed by atoms with Crippen molar-refractivity contribution in [3.63, 3.8) is 0 Å². The number of alkyl halides is 2. The molecule has 0 aromatic heterocycles. The highest BCUT2D eigenvalue weighted by Crippen LogP contribution is 2.45. The Morgan fingerprint density at radius 2 is 1.50 bits per heavy atom. The van der Waals surface area contributed by atoms with E-state index in [1.54, 1.807) is 12.1 Å². The van der Waals surface area contributed by atoms with Crippen LogP contribution in [0.4, 0.5) is 20.2 Å². The molecule has 0 fully saturated rings. The summed E-state index contributed by atoms with van der Waals surface area (Å²) in [5.74, 6) is 0.159. The van der Waals surface area contributed by atoms with Crippen LogP contribution in [0.3, 0.4) is 0 Å². The smallest absolute Gasteiger partial charge is 0.387 e. The first-order valence-electron chi connectivity index (χ1n) is 7.46. The molecule has 0 saturated carbocycles. The van der Waals surface area contributed by atoms with Crippen LogP contribution in [-0.2, 0) is 10.9 Å². The van der Waals surface area contributed by atoms with Crippen molar-refractivity contribution in [3.05, 3.63) is 72.8 Å². The van der Waals surface area contributed by atoms with E-state index in [0.717, 1.165) is 16.3 Å². The first-order chi connectivity index (χ1) is 11.7. The van der Waals surface area contributed by atoms with E-state index in [1.165, 1.54) is 9.79 Å². The Kier molecular flexibility index (Phi) is 3.86. The number of hydrogen-bond donors (Lipinski definition) is 1. The molecule has 5 heteroatoms. The third-order valence-corrected chi connectivity index (χ3v) is 6.09. The highest BCUT2D eigenvalue weighted by atomic mass is 32.2. The Labute approximate surface area is 141 Å². The SMILES string of the molecule is FC(F)Oc1ccc2c(c1)Nc1ccccc1[S+]2c1ccccc1. The van der Waals surface area contributed by atoms with Crippen LogP contribution >= 0.6 is 0 Å². The van der Waals surface area contributed by atoms with Crippen LogP contribution in [0.2, 0.25) is 0 Å². The van der Waals surface area contributed by atoms with E-state index in [4.69, 9.17) is 0 Å². The molecule has 3 aromatic rings. The third-order valence-electron chi connectivity index (χ3n) is 3.75. The molecule has 0 saturated heterocycles. The Balaban J connectivity index is 1.85. The van der Waals surface area contributed by atoms with Crippen molar-refractivity contribution in [1.82, 2.24) is 0 Å². The van der Waals surface area contributed by atoms with Gasteiger partial charge in [0.2, 0.25) is 0 Å². The largest absolute Gasteiger partial charge is 0.435 e. The molecule has 1 heterocycles. The van der Waals surface area contributed by atoms with E-state index in [9.17, 15) is 8.78 Å². The maximum Gasteiger partial charge on any atom is 0.387 e. The minimum absolute atomic E-state index is 0.159. The second-order valence-electron chi connectivity index (χ2n) is 5.28. The standard InChI is InChI=1S/C19H14F2NOS/c20-19(21)23-13-10-11-18-16(12-13)22-15-8-4-5-9-17(15)24(18)14-6-2-1-3-7-14/h1-12,19,22H/q+1. The Morgan fingerprint density at radius 1 is 0.792 bits per heavy atom. The molecule has 3 aromatic carbocycles. The van der Waals surface area contributed by atoms with Crippen LogP contribution in [0, 0.1) is 0 Å². The average molecular weight is 342 g/mol. The minimum Gasteiger partial charge on any atom is -0.435 e. The van der Waals surface area contributed by atoms with Gasteiger partial charge in [-0.3, -0.25) is 0 Å². The molecule has 0 bridgehead atoms. The number of para-hydroxylation sites is 1. The lowest BCUT2D eigenvalue weighted by Gasteiger charge is -2.21. The van der Waals surface area contributed by atoms with Gasteiger partial charge in [0, 0.05) is 6.07 Å². The molecular weight excluding hydrogens is 328 g/mol. The van der Waals surface area contributed by atoms with Gasteiger partial charge in [-0.05, 0) is 36.4 Å². The lowest BCUT2D eigenvalue weighted by Crippen LogP contribution is -2.15. The second-order valence-corrected chi connectivity index (χ2v) is 7.24. The number of fused-ring (bicyclic) bond motifs is 2. The van der Waals surface area contributed by atoms with Crippen LogP contribution < -0.4 is 10.1 Å². The molecule has 24 heavy (non-hydrogen) atoms. The van der Waals surface area contributed by atoms with Crippen molar-refractivity contribution in [2.24, 2.45) is 0 Å². The van der Waals surface area contributed by atoms with Gasteiger partial charge in [0.25, 0.3) is 0 Å². The summed E-state index contributed by atoms with van der Waals surface area (Å²) in [5, 5.41) is 3.34. The number of hydrogen-bond acceptors (Lipinski definition) is 2. The second kappa shape index (κ2) is 6.17. The number of benzene rings is 3. The van der Waals surface area contributed by atoms with Gasteiger partial charge in [0.1, 0.15) is 16.6 Å². The molecule has 0 aliphatic carbocycles. The third kappa shape index (κ3) is 2.71. The predicted molar refractivity (Wildman–Crippen MR) is 91.4 cm³/mol. The first kappa shape index (κ1) is 15.0. The predicted octanol–water partition coefficient (Wildman–Crippen LogP) is 5.44. The molecule has 1 N–H and O–H groups in total. The number of nitrogens with one attached hydrogen (secondary N) is 1. The molecule has 1 aliphatic heterocycles. The topological polar surface area (TPSA) is 21.3 Å². The molecule has 4 rings (SSSR count). The normalized spacial score (nSPS) is 15.4. The van der Waals surface area contributed by atoms with Gasteiger partial charge >= 0.3 is 6.61 Å².